The smallest absolute Gasteiger partial charge is 0.357 e. The Morgan fingerprint density at radius 3 is 2.75 bits per heavy atom. The molecule has 0 unspecified atom stereocenters. The van der Waals surface area contributed by atoms with E-state index in [1.165, 1.54) is 6.92 Å². The molecular formula is C10H10ClF2NO2. The molecule has 0 aliphatic carbocycles. The van der Waals surface area contributed by atoms with Gasteiger partial charge in [0, 0.05) is 6.20 Å². The van der Waals surface area contributed by atoms with Crippen LogP contribution in [0.2, 0.25) is 5.02 Å². The van der Waals surface area contributed by atoms with E-state index in [-0.39, 0.29) is 22.9 Å². The second kappa shape index (κ2) is 5.21. The molecule has 0 fully saturated rings. The summed E-state index contributed by atoms with van der Waals surface area (Å²) in [6.07, 6.45) is -1.65. The molecule has 0 aliphatic heterocycles. The van der Waals surface area contributed by atoms with Crippen LogP contribution in [0.1, 0.15) is 35.0 Å². The zero-order chi connectivity index (χ0) is 12.3. The van der Waals surface area contributed by atoms with Gasteiger partial charge in [0.1, 0.15) is 0 Å². The fourth-order valence-corrected chi connectivity index (χ4v) is 1.37. The monoisotopic (exact) mass is 249 g/mol. The number of halogens is 3. The minimum atomic E-state index is -2.81. The third-order valence-electron chi connectivity index (χ3n) is 2.01. The predicted molar refractivity (Wildman–Crippen MR) is 54.9 cm³/mol. The van der Waals surface area contributed by atoms with Crippen molar-refractivity contribution < 1.29 is 18.3 Å². The molecule has 1 aromatic rings. The minimum absolute atomic E-state index is 0.100. The first-order valence-electron chi connectivity index (χ1n) is 4.59. The fraction of sp³-hybridized carbons (Fsp3) is 0.400. The number of ether oxygens (including phenoxy) is 1. The van der Waals surface area contributed by atoms with E-state index in [0.29, 0.717) is 0 Å². The first-order valence-corrected chi connectivity index (χ1v) is 4.97. The lowest BCUT2D eigenvalue weighted by Gasteiger charge is -2.10. The number of aromatic nitrogens is 1. The summed E-state index contributed by atoms with van der Waals surface area (Å²) < 4.78 is 30.2. The number of carbonyl (C=O) groups is 1. The fourth-order valence-electron chi connectivity index (χ4n) is 1.22. The number of nitrogens with zero attached hydrogens (tertiary/aromatic N) is 1. The van der Waals surface area contributed by atoms with Gasteiger partial charge in [-0.05, 0) is 19.4 Å². The third kappa shape index (κ3) is 2.47. The summed E-state index contributed by atoms with van der Waals surface area (Å²) in [5.41, 5.74) is -0.695. The first kappa shape index (κ1) is 12.8. The highest BCUT2D eigenvalue weighted by atomic mass is 35.5. The van der Waals surface area contributed by atoms with Gasteiger partial charge in [-0.2, -0.15) is 0 Å². The van der Waals surface area contributed by atoms with E-state index < -0.39 is 18.0 Å². The molecule has 0 amide bonds. The Balaban J connectivity index is 3.28. The van der Waals surface area contributed by atoms with Crippen molar-refractivity contribution in [3.05, 3.63) is 28.0 Å². The highest BCUT2D eigenvalue weighted by Gasteiger charge is 2.24. The van der Waals surface area contributed by atoms with E-state index in [0.717, 1.165) is 6.20 Å². The van der Waals surface area contributed by atoms with E-state index in [9.17, 15) is 13.6 Å². The van der Waals surface area contributed by atoms with E-state index in [4.69, 9.17) is 11.6 Å². The highest BCUT2D eigenvalue weighted by molar-refractivity contribution is 6.31. The Labute approximate surface area is 96.4 Å². The molecule has 0 spiro atoms. The van der Waals surface area contributed by atoms with Crippen LogP contribution in [0.3, 0.4) is 0 Å². The molecule has 0 radical (unpaired) electrons. The Kier molecular flexibility index (Phi) is 4.18. The quantitative estimate of drug-likeness (QED) is 0.773. The van der Waals surface area contributed by atoms with Crippen LogP contribution in [-0.4, -0.2) is 17.6 Å². The molecule has 0 N–H and O–H groups in total. The first-order chi connectivity index (χ1) is 7.49. The Morgan fingerprint density at radius 1 is 1.62 bits per heavy atom. The molecule has 0 saturated heterocycles. The maximum atomic E-state index is 12.8. The summed E-state index contributed by atoms with van der Waals surface area (Å²) in [5.74, 6) is -0.863. The number of hydrogen-bond acceptors (Lipinski definition) is 3. The zero-order valence-corrected chi connectivity index (χ0v) is 9.52. The molecule has 1 rings (SSSR count). The van der Waals surface area contributed by atoms with Crippen molar-refractivity contribution in [1.82, 2.24) is 4.98 Å². The number of rotatable bonds is 3. The second-order valence-corrected chi connectivity index (χ2v) is 3.42. The highest BCUT2D eigenvalue weighted by Crippen LogP contribution is 2.29. The molecule has 0 aromatic carbocycles. The average Bonchev–Trinajstić information content (AvgIpc) is 2.21. The van der Waals surface area contributed by atoms with Gasteiger partial charge >= 0.3 is 5.97 Å². The Morgan fingerprint density at radius 2 is 2.25 bits per heavy atom. The summed E-state index contributed by atoms with van der Waals surface area (Å²) in [6.45, 7) is 3.10. The summed E-state index contributed by atoms with van der Waals surface area (Å²) in [7, 11) is 0. The maximum absolute atomic E-state index is 12.8. The molecule has 0 saturated carbocycles. The zero-order valence-electron chi connectivity index (χ0n) is 8.76. The van der Waals surface area contributed by atoms with Crippen LogP contribution < -0.4 is 0 Å². The van der Waals surface area contributed by atoms with Gasteiger partial charge in [0.2, 0.25) is 0 Å². The Hall–Kier alpha value is -1.23. The molecule has 0 bridgehead atoms. The van der Waals surface area contributed by atoms with Gasteiger partial charge in [0.25, 0.3) is 6.43 Å². The molecule has 1 heterocycles. The second-order valence-electron chi connectivity index (χ2n) is 3.01. The number of pyridine rings is 1. The van der Waals surface area contributed by atoms with Gasteiger partial charge < -0.3 is 4.74 Å². The van der Waals surface area contributed by atoms with Gasteiger partial charge in [0.05, 0.1) is 17.2 Å². The molecule has 0 aliphatic rings. The van der Waals surface area contributed by atoms with Gasteiger partial charge in [-0.15, -0.1) is 0 Å². The number of carbonyl (C=O) groups excluding carboxylic acids is 1. The van der Waals surface area contributed by atoms with Crippen LogP contribution in [0.15, 0.2) is 6.20 Å². The summed E-state index contributed by atoms with van der Waals surface area (Å²) in [4.78, 5) is 15.0. The van der Waals surface area contributed by atoms with Crippen molar-refractivity contribution in [2.24, 2.45) is 0 Å². The van der Waals surface area contributed by atoms with Crippen molar-refractivity contribution >= 4 is 17.6 Å². The maximum Gasteiger partial charge on any atom is 0.357 e. The molecule has 0 atom stereocenters. The van der Waals surface area contributed by atoms with Gasteiger partial charge in [-0.1, -0.05) is 11.6 Å². The normalized spacial score (nSPS) is 10.6. The number of hydrogen-bond donors (Lipinski definition) is 0. The summed E-state index contributed by atoms with van der Waals surface area (Å²) in [5, 5.41) is 0.100. The number of esters is 1. The lowest BCUT2D eigenvalue weighted by Crippen LogP contribution is -2.12. The topological polar surface area (TPSA) is 39.2 Å². The molecule has 1 aromatic heterocycles. The minimum Gasteiger partial charge on any atom is -0.461 e. The van der Waals surface area contributed by atoms with E-state index in [1.807, 2.05) is 0 Å². The largest absolute Gasteiger partial charge is 0.461 e. The van der Waals surface area contributed by atoms with E-state index in [1.54, 1.807) is 6.92 Å². The summed E-state index contributed by atoms with van der Waals surface area (Å²) in [6, 6.07) is 0. The summed E-state index contributed by atoms with van der Waals surface area (Å²) >= 11 is 5.66. The van der Waals surface area contributed by atoms with Crippen molar-refractivity contribution in [2.45, 2.75) is 20.3 Å². The van der Waals surface area contributed by atoms with Crippen LogP contribution in [0.4, 0.5) is 8.78 Å². The third-order valence-corrected chi connectivity index (χ3v) is 2.39. The molecule has 6 heteroatoms. The van der Waals surface area contributed by atoms with Crippen molar-refractivity contribution in [1.29, 1.82) is 0 Å². The van der Waals surface area contributed by atoms with Crippen LogP contribution in [0.25, 0.3) is 0 Å². The molecule has 88 valence electrons. The SMILES string of the molecule is CCOC(=O)c1ncc(Cl)c(C)c1C(F)F. The van der Waals surface area contributed by atoms with E-state index >= 15 is 0 Å². The van der Waals surface area contributed by atoms with Gasteiger partial charge in [-0.25, -0.2) is 18.6 Å². The van der Waals surface area contributed by atoms with E-state index in [2.05, 4.69) is 9.72 Å². The van der Waals surface area contributed by atoms with Crippen LogP contribution in [-0.2, 0) is 4.74 Å². The molecule has 3 nitrogen and oxygen atoms in total. The lowest BCUT2D eigenvalue weighted by molar-refractivity contribution is 0.0507. The predicted octanol–water partition coefficient (Wildman–Crippen LogP) is 3.16. The lowest BCUT2D eigenvalue weighted by atomic mass is 10.1. The molecular weight excluding hydrogens is 240 g/mol. The average molecular weight is 250 g/mol. The van der Waals surface area contributed by atoms with Crippen LogP contribution >= 0.6 is 11.6 Å². The van der Waals surface area contributed by atoms with Gasteiger partial charge in [0.15, 0.2) is 5.69 Å². The van der Waals surface area contributed by atoms with Gasteiger partial charge in [-0.3, -0.25) is 0 Å². The van der Waals surface area contributed by atoms with Crippen molar-refractivity contribution in [2.75, 3.05) is 6.61 Å². The van der Waals surface area contributed by atoms with Crippen molar-refractivity contribution in [3.8, 4) is 0 Å². The standard InChI is InChI=1S/C10H10ClF2NO2/c1-3-16-10(15)8-7(9(12)13)5(2)6(11)4-14-8/h4,9H,3H2,1-2H3. The van der Waals surface area contributed by atoms with Crippen molar-refractivity contribution in [3.63, 3.8) is 0 Å². The Bertz CT molecular complexity index is 410. The van der Waals surface area contributed by atoms with Crippen LogP contribution in [0, 0.1) is 6.92 Å². The molecule has 16 heavy (non-hydrogen) atoms. The number of alkyl halides is 2. The van der Waals surface area contributed by atoms with Crippen LogP contribution in [0.5, 0.6) is 0 Å².